The number of hydrogen-bond acceptors (Lipinski definition) is 4. The summed E-state index contributed by atoms with van der Waals surface area (Å²) in [5, 5.41) is 9.24. The molecule has 0 aromatic heterocycles. The minimum Gasteiger partial charge on any atom is -0.462 e. The highest BCUT2D eigenvalue weighted by Gasteiger charge is 2.59. The van der Waals surface area contributed by atoms with Gasteiger partial charge in [0.05, 0.1) is 0 Å². The molecule has 3 saturated carbocycles. The minimum absolute atomic E-state index is 0.00235. The monoisotopic (exact) mass is 681 g/mol. The number of carbonyl (C=O) groups is 1. The van der Waals surface area contributed by atoms with Crippen LogP contribution in [0.4, 0.5) is 0 Å². The second-order valence-electron chi connectivity index (χ2n) is 17.9. The first-order valence-corrected chi connectivity index (χ1v) is 21.1. The highest BCUT2D eigenvalue weighted by Crippen LogP contribution is 2.67. The van der Waals surface area contributed by atoms with Crippen LogP contribution in [0.3, 0.4) is 0 Å². The van der Waals surface area contributed by atoms with Gasteiger partial charge in [-0.3, -0.25) is 10.1 Å². The van der Waals surface area contributed by atoms with Crippen LogP contribution < -0.4 is 0 Å². The third-order valence-electron chi connectivity index (χ3n) is 14.1. The maximum absolute atomic E-state index is 12.8. The van der Waals surface area contributed by atoms with Crippen molar-refractivity contribution in [2.75, 3.05) is 0 Å². The molecule has 4 aliphatic carbocycles. The van der Waals surface area contributed by atoms with Crippen LogP contribution in [-0.4, -0.2) is 23.4 Å². The lowest BCUT2D eigenvalue weighted by Gasteiger charge is -2.58. The van der Waals surface area contributed by atoms with Crippen molar-refractivity contribution in [1.82, 2.24) is 0 Å². The van der Waals surface area contributed by atoms with Crippen LogP contribution in [0.25, 0.3) is 0 Å². The van der Waals surface area contributed by atoms with E-state index in [1.54, 1.807) is 5.57 Å². The Morgan fingerprint density at radius 2 is 1.69 bits per heavy atom. The summed E-state index contributed by atoms with van der Waals surface area (Å²) < 4.78 is 6.10. The molecule has 3 fully saturated rings. The quantitative estimate of drug-likeness (QED) is 0.0327. The first-order valence-electron chi connectivity index (χ1n) is 21.1. The molecular weight excluding hydrogens is 604 g/mol. The van der Waals surface area contributed by atoms with Gasteiger partial charge in [-0.05, 0) is 117 Å². The van der Waals surface area contributed by atoms with Crippen molar-refractivity contribution in [3.8, 4) is 0 Å². The molecule has 0 amide bonds. The lowest BCUT2D eigenvalue weighted by Crippen LogP contribution is -2.51. The van der Waals surface area contributed by atoms with Crippen LogP contribution in [0, 0.1) is 46.3 Å². The number of hydrogen-bond donors (Lipinski definition) is 1. The van der Waals surface area contributed by atoms with Gasteiger partial charge in [-0.1, -0.05) is 135 Å². The zero-order valence-corrected chi connectivity index (χ0v) is 32.7. The molecule has 4 heteroatoms. The molecular formula is C45H76O4. The smallest absolute Gasteiger partial charge is 0.306 e. The fourth-order valence-corrected chi connectivity index (χ4v) is 11.2. The zero-order chi connectivity index (χ0) is 35.3. The normalized spacial score (nSPS) is 32.6. The van der Waals surface area contributed by atoms with Crippen molar-refractivity contribution in [1.29, 1.82) is 0 Å². The van der Waals surface area contributed by atoms with E-state index >= 15 is 0 Å². The van der Waals surface area contributed by atoms with Crippen LogP contribution >= 0.6 is 0 Å². The maximum atomic E-state index is 12.8. The molecule has 280 valence electrons. The van der Waals surface area contributed by atoms with E-state index in [1.165, 1.54) is 77.0 Å². The lowest BCUT2D eigenvalue weighted by atomic mass is 9.47. The van der Waals surface area contributed by atoms with E-state index in [2.05, 4.69) is 64.7 Å². The Morgan fingerprint density at radius 3 is 2.47 bits per heavy atom. The topological polar surface area (TPSA) is 55.8 Å². The molecule has 9 atom stereocenters. The standard InChI is InChI=1S/C45H76O4/c1-7-8-9-10-11-13-16-22-37(49-47)23-17-14-12-15-18-24-43(46)48-38-29-31-44(5)36(33-38)25-26-39-41-28-27-40(35(4)21-19-20-34(2)3)45(41,6)32-30-42(39)44/h11,13,16,22,25,34-35,37-42,47H,7-10,12,14-15,17-21,23-24,26-33H2,1-6H3/b13-11-,22-16+/t35-,37?,38+,39+,40-,41+,42+,44+,45-/m1/s1. The Kier molecular flexibility index (Phi) is 16.5. The number of rotatable bonds is 21. The van der Waals surface area contributed by atoms with Crippen molar-refractivity contribution in [3.05, 3.63) is 36.0 Å². The molecule has 0 spiro atoms. The van der Waals surface area contributed by atoms with Gasteiger partial charge in [0.15, 0.2) is 0 Å². The SMILES string of the molecule is CCCCC/C=C\C=C\C(CCCCCCCC(=O)O[C@H]1CC[C@@]2(C)C(=CC[C@H]3[C@@H]4CC[C@H]([C@H](C)CCCC(C)C)[C@@]4(C)CC[C@@H]32)C1)OO. The summed E-state index contributed by atoms with van der Waals surface area (Å²) in [6, 6.07) is 0. The molecule has 0 saturated heterocycles. The Morgan fingerprint density at radius 1 is 0.898 bits per heavy atom. The summed E-state index contributed by atoms with van der Waals surface area (Å²) in [5.74, 6) is 5.14. The highest BCUT2D eigenvalue weighted by molar-refractivity contribution is 5.69. The van der Waals surface area contributed by atoms with Crippen LogP contribution in [0.2, 0.25) is 0 Å². The van der Waals surface area contributed by atoms with E-state index in [1.807, 2.05) is 12.2 Å². The average molecular weight is 681 g/mol. The summed E-state index contributed by atoms with van der Waals surface area (Å²) in [6.45, 7) is 14.8. The molecule has 4 nitrogen and oxygen atoms in total. The average Bonchev–Trinajstić information content (AvgIpc) is 3.43. The first kappa shape index (κ1) is 40.4. The Balaban J connectivity index is 1.14. The first-order chi connectivity index (χ1) is 23.6. The third kappa shape index (κ3) is 11.1. The summed E-state index contributed by atoms with van der Waals surface area (Å²) in [5.41, 5.74) is 2.45. The molecule has 0 aromatic rings. The molecule has 0 aromatic carbocycles. The van der Waals surface area contributed by atoms with E-state index in [-0.39, 0.29) is 18.2 Å². The number of unbranched alkanes of at least 4 members (excludes halogenated alkanes) is 7. The number of ether oxygens (including phenoxy) is 1. The number of esters is 1. The molecule has 4 rings (SSSR count). The van der Waals surface area contributed by atoms with E-state index in [4.69, 9.17) is 4.74 Å². The molecule has 0 bridgehead atoms. The van der Waals surface area contributed by atoms with Crippen LogP contribution in [0.15, 0.2) is 36.0 Å². The van der Waals surface area contributed by atoms with Crippen LogP contribution in [-0.2, 0) is 14.4 Å². The number of allylic oxidation sites excluding steroid dienone is 4. The van der Waals surface area contributed by atoms with Gasteiger partial charge in [-0.15, -0.1) is 0 Å². The second kappa shape index (κ2) is 20.0. The van der Waals surface area contributed by atoms with Crippen molar-refractivity contribution in [3.63, 3.8) is 0 Å². The predicted molar refractivity (Wildman–Crippen MR) is 205 cm³/mol. The molecule has 0 aliphatic heterocycles. The van der Waals surface area contributed by atoms with Crippen molar-refractivity contribution < 1.29 is 19.7 Å². The molecule has 1 N–H and O–H groups in total. The van der Waals surface area contributed by atoms with Gasteiger partial charge in [0.2, 0.25) is 0 Å². The molecule has 1 unspecified atom stereocenters. The number of carbonyl (C=O) groups excluding carboxylic acids is 1. The van der Waals surface area contributed by atoms with Gasteiger partial charge >= 0.3 is 5.97 Å². The third-order valence-corrected chi connectivity index (χ3v) is 14.1. The van der Waals surface area contributed by atoms with Gasteiger partial charge in [-0.2, -0.15) is 0 Å². The van der Waals surface area contributed by atoms with Crippen molar-refractivity contribution >= 4 is 5.97 Å². The largest absolute Gasteiger partial charge is 0.462 e. The fraction of sp³-hybridized carbons (Fsp3) is 0.844. The summed E-state index contributed by atoms with van der Waals surface area (Å²) in [4.78, 5) is 17.5. The van der Waals surface area contributed by atoms with Gasteiger partial charge in [0, 0.05) is 12.8 Å². The second-order valence-corrected chi connectivity index (χ2v) is 17.9. The van der Waals surface area contributed by atoms with E-state index in [9.17, 15) is 10.1 Å². The maximum Gasteiger partial charge on any atom is 0.306 e. The van der Waals surface area contributed by atoms with Crippen molar-refractivity contribution in [2.24, 2.45) is 46.3 Å². The molecule has 4 aliphatic rings. The van der Waals surface area contributed by atoms with Crippen molar-refractivity contribution in [2.45, 2.75) is 195 Å². The Hall–Kier alpha value is -1.39. The summed E-state index contributed by atoms with van der Waals surface area (Å²) in [6.07, 6.45) is 36.3. The van der Waals surface area contributed by atoms with Crippen LogP contribution in [0.5, 0.6) is 0 Å². The van der Waals surface area contributed by atoms with E-state index in [0.29, 0.717) is 17.3 Å². The van der Waals surface area contributed by atoms with Gasteiger partial charge in [0.25, 0.3) is 0 Å². The summed E-state index contributed by atoms with van der Waals surface area (Å²) in [7, 11) is 0. The van der Waals surface area contributed by atoms with Gasteiger partial charge in [0.1, 0.15) is 12.2 Å². The Labute approximate surface area is 302 Å². The molecule has 0 radical (unpaired) electrons. The molecule has 49 heavy (non-hydrogen) atoms. The van der Waals surface area contributed by atoms with E-state index in [0.717, 1.165) is 93.3 Å². The Bertz CT molecular complexity index is 1070. The predicted octanol–water partition coefficient (Wildman–Crippen LogP) is 13.2. The van der Waals surface area contributed by atoms with Gasteiger partial charge < -0.3 is 4.74 Å². The van der Waals surface area contributed by atoms with E-state index < -0.39 is 0 Å². The minimum atomic E-state index is -0.246. The summed E-state index contributed by atoms with van der Waals surface area (Å²) >= 11 is 0. The lowest BCUT2D eigenvalue weighted by molar-refractivity contribution is -0.267. The fourth-order valence-electron chi connectivity index (χ4n) is 11.2. The number of fused-ring (bicyclic) bond motifs is 5. The highest BCUT2D eigenvalue weighted by atomic mass is 17.1. The van der Waals surface area contributed by atoms with Crippen LogP contribution in [0.1, 0.15) is 183 Å². The zero-order valence-electron chi connectivity index (χ0n) is 32.7. The van der Waals surface area contributed by atoms with Gasteiger partial charge in [-0.25, -0.2) is 4.89 Å². The molecule has 0 heterocycles.